The van der Waals surface area contributed by atoms with Gasteiger partial charge in [-0.1, -0.05) is 36.6 Å². The molecule has 1 aliphatic rings. The Labute approximate surface area is 165 Å². The van der Waals surface area contributed by atoms with Gasteiger partial charge in [-0.05, 0) is 49.1 Å². The normalized spacial score (nSPS) is 17.4. The van der Waals surface area contributed by atoms with E-state index in [0.717, 1.165) is 19.0 Å². The number of aliphatic hydroxyl groups is 1. The van der Waals surface area contributed by atoms with Gasteiger partial charge in [0.25, 0.3) is 5.91 Å². The summed E-state index contributed by atoms with van der Waals surface area (Å²) in [7, 11) is 0. The Hall–Kier alpha value is -2.12. The highest BCUT2D eigenvalue weighted by molar-refractivity contribution is 6.30. The molecule has 1 aromatic carbocycles. The van der Waals surface area contributed by atoms with Crippen LogP contribution >= 0.6 is 11.6 Å². The standard InChI is InChI=1S/C20H20ClF3N2O2/c1-12-15(7-10-25-16(12)20(22,23)24)18(27)26-17(19(28)8-2-3-9-19)13-5-4-6-14(21)11-13/h4-7,10-11,17,28H,2-3,8-9H2,1H3,(H,26,27). The number of rotatable bonds is 4. The minimum absolute atomic E-state index is 0.129. The number of alkyl halides is 3. The van der Waals surface area contributed by atoms with Crippen LogP contribution in [0.5, 0.6) is 0 Å². The maximum absolute atomic E-state index is 13.1. The van der Waals surface area contributed by atoms with Crippen LogP contribution in [-0.2, 0) is 6.18 Å². The van der Waals surface area contributed by atoms with Crippen molar-refractivity contribution in [1.29, 1.82) is 0 Å². The van der Waals surface area contributed by atoms with Crippen LogP contribution in [0.3, 0.4) is 0 Å². The van der Waals surface area contributed by atoms with E-state index in [1.165, 1.54) is 13.0 Å². The largest absolute Gasteiger partial charge is 0.433 e. The molecular formula is C20H20ClF3N2O2. The van der Waals surface area contributed by atoms with Gasteiger partial charge < -0.3 is 10.4 Å². The quantitative estimate of drug-likeness (QED) is 0.755. The van der Waals surface area contributed by atoms with Crippen molar-refractivity contribution in [3.63, 3.8) is 0 Å². The van der Waals surface area contributed by atoms with Crippen LogP contribution in [0.1, 0.15) is 58.9 Å². The Balaban J connectivity index is 1.97. The second kappa shape index (κ2) is 7.72. The number of benzene rings is 1. The molecule has 0 spiro atoms. The molecule has 1 fully saturated rings. The lowest BCUT2D eigenvalue weighted by Crippen LogP contribution is -2.44. The van der Waals surface area contributed by atoms with E-state index in [2.05, 4.69) is 10.3 Å². The third kappa shape index (κ3) is 4.15. The number of nitrogens with zero attached hydrogens (tertiary/aromatic N) is 1. The SMILES string of the molecule is Cc1c(C(=O)NC(c2cccc(Cl)c2)C2(O)CCCC2)ccnc1C(F)(F)F. The molecule has 1 atom stereocenters. The van der Waals surface area contributed by atoms with E-state index in [1.54, 1.807) is 24.3 Å². The van der Waals surface area contributed by atoms with Crippen LogP contribution in [0.15, 0.2) is 36.5 Å². The van der Waals surface area contributed by atoms with Crippen LogP contribution in [0, 0.1) is 6.92 Å². The molecule has 4 nitrogen and oxygen atoms in total. The van der Waals surface area contributed by atoms with E-state index < -0.39 is 29.4 Å². The zero-order valence-corrected chi connectivity index (χ0v) is 15.9. The van der Waals surface area contributed by atoms with Crippen molar-refractivity contribution in [2.45, 2.75) is 50.4 Å². The van der Waals surface area contributed by atoms with Crippen molar-refractivity contribution in [2.75, 3.05) is 0 Å². The summed E-state index contributed by atoms with van der Waals surface area (Å²) in [4.78, 5) is 16.2. The van der Waals surface area contributed by atoms with Gasteiger partial charge >= 0.3 is 6.18 Å². The Morgan fingerprint density at radius 1 is 1.29 bits per heavy atom. The van der Waals surface area contributed by atoms with Gasteiger partial charge in [-0.3, -0.25) is 9.78 Å². The number of nitrogens with one attached hydrogen (secondary N) is 1. The summed E-state index contributed by atoms with van der Waals surface area (Å²) >= 11 is 6.06. The van der Waals surface area contributed by atoms with Crippen molar-refractivity contribution in [1.82, 2.24) is 10.3 Å². The second-order valence-corrected chi connectivity index (χ2v) is 7.54. The first-order valence-corrected chi connectivity index (χ1v) is 9.31. The fourth-order valence-corrected chi connectivity index (χ4v) is 3.97. The molecule has 1 aromatic heterocycles. The van der Waals surface area contributed by atoms with Crippen molar-refractivity contribution in [2.24, 2.45) is 0 Å². The van der Waals surface area contributed by atoms with Gasteiger partial charge in [0.05, 0.1) is 11.6 Å². The van der Waals surface area contributed by atoms with Gasteiger partial charge in [0.2, 0.25) is 0 Å². The predicted molar refractivity (Wildman–Crippen MR) is 99.1 cm³/mol. The average molecular weight is 413 g/mol. The summed E-state index contributed by atoms with van der Waals surface area (Å²) in [5, 5.41) is 14.3. The number of pyridine rings is 1. The van der Waals surface area contributed by atoms with Crippen LogP contribution in [0.25, 0.3) is 0 Å². The van der Waals surface area contributed by atoms with Crippen molar-refractivity contribution in [3.05, 3.63) is 63.9 Å². The van der Waals surface area contributed by atoms with Gasteiger partial charge in [-0.2, -0.15) is 13.2 Å². The summed E-state index contributed by atoms with van der Waals surface area (Å²) in [5.41, 5.74) is -2.06. The average Bonchev–Trinajstić information content (AvgIpc) is 3.06. The Bertz CT molecular complexity index is 880. The lowest BCUT2D eigenvalue weighted by Gasteiger charge is -2.34. The number of halogens is 4. The molecule has 1 aliphatic carbocycles. The van der Waals surface area contributed by atoms with Gasteiger partial charge in [0.1, 0.15) is 5.69 Å². The van der Waals surface area contributed by atoms with Crippen molar-refractivity contribution in [3.8, 4) is 0 Å². The fraction of sp³-hybridized carbons (Fsp3) is 0.400. The molecule has 0 saturated heterocycles. The van der Waals surface area contributed by atoms with Crippen LogP contribution < -0.4 is 5.32 Å². The molecule has 28 heavy (non-hydrogen) atoms. The number of hydrogen-bond donors (Lipinski definition) is 2. The highest BCUT2D eigenvalue weighted by atomic mass is 35.5. The first-order chi connectivity index (χ1) is 13.1. The molecule has 3 rings (SSSR count). The maximum Gasteiger partial charge on any atom is 0.433 e. The summed E-state index contributed by atoms with van der Waals surface area (Å²) in [6.45, 7) is 1.21. The first kappa shape index (κ1) is 20.6. The van der Waals surface area contributed by atoms with Gasteiger partial charge in [0, 0.05) is 16.8 Å². The zero-order valence-electron chi connectivity index (χ0n) is 15.2. The lowest BCUT2D eigenvalue weighted by atomic mass is 9.86. The molecule has 8 heteroatoms. The number of amides is 1. The Kier molecular flexibility index (Phi) is 5.68. The number of hydrogen-bond acceptors (Lipinski definition) is 3. The first-order valence-electron chi connectivity index (χ1n) is 8.93. The predicted octanol–water partition coefficient (Wildman–Crippen LogP) is 4.84. The van der Waals surface area contributed by atoms with E-state index in [0.29, 0.717) is 23.4 Å². The maximum atomic E-state index is 13.1. The molecule has 2 N–H and O–H groups in total. The molecule has 0 radical (unpaired) electrons. The van der Waals surface area contributed by atoms with Crippen molar-refractivity contribution < 1.29 is 23.1 Å². The number of carbonyl (C=O) groups excluding carboxylic acids is 1. The van der Waals surface area contributed by atoms with E-state index in [-0.39, 0.29) is 11.1 Å². The summed E-state index contributed by atoms with van der Waals surface area (Å²) in [5.74, 6) is -0.698. The summed E-state index contributed by atoms with van der Waals surface area (Å²) in [6, 6.07) is 7.20. The molecule has 2 aromatic rings. The van der Waals surface area contributed by atoms with Gasteiger partial charge in [0.15, 0.2) is 0 Å². The molecule has 150 valence electrons. The summed E-state index contributed by atoms with van der Waals surface area (Å²) in [6.07, 6.45) is -1.13. The highest BCUT2D eigenvalue weighted by Gasteiger charge is 2.42. The minimum Gasteiger partial charge on any atom is -0.387 e. The molecule has 0 aliphatic heterocycles. The van der Waals surface area contributed by atoms with Crippen molar-refractivity contribution >= 4 is 17.5 Å². The smallest absolute Gasteiger partial charge is 0.387 e. The Morgan fingerprint density at radius 2 is 1.96 bits per heavy atom. The monoisotopic (exact) mass is 412 g/mol. The number of aromatic nitrogens is 1. The second-order valence-electron chi connectivity index (χ2n) is 7.10. The van der Waals surface area contributed by atoms with E-state index >= 15 is 0 Å². The molecule has 0 bridgehead atoms. The van der Waals surface area contributed by atoms with Gasteiger partial charge in [-0.25, -0.2) is 0 Å². The van der Waals surface area contributed by atoms with Crippen LogP contribution in [-0.4, -0.2) is 21.6 Å². The molecule has 1 unspecified atom stereocenters. The minimum atomic E-state index is -4.66. The molecule has 1 heterocycles. The molecule has 1 saturated carbocycles. The number of carbonyl (C=O) groups is 1. The van der Waals surface area contributed by atoms with E-state index in [9.17, 15) is 23.1 Å². The van der Waals surface area contributed by atoms with E-state index in [4.69, 9.17) is 11.6 Å². The third-order valence-electron chi connectivity index (χ3n) is 5.18. The van der Waals surface area contributed by atoms with Crippen LogP contribution in [0.4, 0.5) is 13.2 Å². The topological polar surface area (TPSA) is 62.2 Å². The fourth-order valence-electron chi connectivity index (χ4n) is 3.77. The van der Waals surface area contributed by atoms with Gasteiger partial charge in [-0.15, -0.1) is 0 Å². The molecule has 1 amide bonds. The molecular weight excluding hydrogens is 393 g/mol. The van der Waals surface area contributed by atoms with E-state index in [1.807, 2.05) is 0 Å². The zero-order chi connectivity index (χ0) is 20.5. The third-order valence-corrected chi connectivity index (χ3v) is 5.42. The van der Waals surface area contributed by atoms with Crippen LogP contribution in [0.2, 0.25) is 5.02 Å². The Morgan fingerprint density at radius 3 is 2.57 bits per heavy atom. The lowest BCUT2D eigenvalue weighted by molar-refractivity contribution is -0.141. The highest BCUT2D eigenvalue weighted by Crippen LogP contribution is 2.40. The summed E-state index contributed by atoms with van der Waals surface area (Å²) < 4.78 is 39.4.